The molecule has 9 heteroatoms. The molecule has 0 spiro atoms. The predicted octanol–water partition coefficient (Wildman–Crippen LogP) is 1.60. The fourth-order valence-corrected chi connectivity index (χ4v) is 3.33. The van der Waals surface area contributed by atoms with Crippen molar-refractivity contribution >= 4 is 23.8 Å². The molecular formula is C20H30N6O3. The summed E-state index contributed by atoms with van der Waals surface area (Å²) in [4.78, 5) is 37.1. The van der Waals surface area contributed by atoms with E-state index in [1.165, 1.54) is 0 Å². The van der Waals surface area contributed by atoms with Crippen molar-refractivity contribution in [2.75, 3.05) is 38.0 Å². The average molecular weight is 402 g/mol. The molecule has 0 saturated carbocycles. The molecule has 2 aliphatic heterocycles. The minimum absolute atomic E-state index is 0.0968. The second-order valence-electron chi connectivity index (χ2n) is 8.33. The van der Waals surface area contributed by atoms with Gasteiger partial charge in [0.05, 0.1) is 12.6 Å². The largest absolute Gasteiger partial charge is 0.444 e. The van der Waals surface area contributed by atoms with Crippen LogP contribution < -0.4 is 10.6 Å². The lowest BCUT2D eigenvalue weighted by molar-refractivity contribution is -0.116. The van der Waals surface area contributed by atoms with Crippen molar-refractivity contribution < 1.29 is 14.3 Å². The Bertz CT molecular complexity index is 789. The first-order valence-electron chi connectivity index (χ1n) is 9.98. The summed E-state index contributed by atoms with van der Waals surface area (Å²) in [6.07, 6.45) is 0.0389. The van der Waals surface area contributed by atoms with Crippen LogP contribution in [0.5, 0.6) is 0 Å². The Hall–Kier alpha value is -2.84. The van der Waals surface area contributed by atoms with Crippen molar-refractivity contribution in [1.29, 1.82) is 0 Å². The number of carbonyl (C=O) groups is 2. The van der Waals surface area contributed by atoms with Crippen molar-refractivity contribution in [3.8, 4) is 0 Å². The minimum Gasteiger partial charge on any atom is -0.444 e. The van der Waals surface area contributed by atoms with Gasteiger partial charge in [-0.25, -0.2) is 9.78 Å². The van der Waals surface area contributed by atoms with Crippen molar-refractivity contribution in [2.24, 2.45) is 4.99 Å². The van der Waals surface area contributed by atoms with Gasteiger partial charge in [-0.05, 0) is 39.8 Å². The van der Waals surface area contributed by atoms with E-state index in [0.29, 0.717) is 45.0 Å². The summed E-state index contributed by atoms with van der Waals surface area (Å²) in [7, 11) is 0. The van der Waals surface area contributed by atoms with Gasteiger partial charge in [-0.2, -0.15) is 0 Å². The number of hydrogen-bond donors (Lipinski definition) is 2. The number of hydrogen-bond acceptors (Lipinski definition) is 7. The van der Waals surface area contributed by atoms with E-state index >= 15 is 0 Å². The lowest BCUT2D eigenvalue weighted by Gasteiger charge is -2.39. The number of aromatic nitrogens is 1. The molecule has 9 nitrogen and oxygen atoms in total. The highest BCUT2D eigenvalue weighted by atomic mass is 16.6. The van der Waals surface area contributed by atoms with Gasteiger partial charge in [-0.15, -0.1) is 0 Å². The summed E-state index contributed by atoms with van der Waals surface area (Å²) in [5, 5.41) is 6.05. The molecule has 2 amide bonds. The van der Waals surface area contributed by atoms with E-state index in [1.54, 1.807) is 11.0 Å². The van der Waals surface area contributed by atoms with Gasteiger partial charge in [0.25, 0.3) is 0 Å². The smallest absolute Gasteiger partial charge is 0.410 e. The summed E-state index contributed by atoms with van der Waals surface area (Å²) in [6, 6.07) is 5.66. The van der Waals surface area contributed by atoms with E-state index < -0.39 is 5.60 Å². The van der Waals surface area contributed by atoms with E-state index in [2.05, 4.69) is 25.5 Å². The second kappa shape index (κ2) is 8.67. The van der Waals surface area contributed by atoms with Crippen LogP contribution in [0.4, 0.5) is 10.6 Å². The number of pyridine rings is 1. The maximum atomic E-state index is 12.3. The third-order valence-corrected chi connectivity index (χ3v) is 4.65. The molecule has 3 rings (SSSR count). The summed E-state index contributed by atoms with van der Waals surface area (Å²) in [5.41, 5.74) is 0.361. The number of nitrogens with zero attached hydrogens (tertiary/aromatic N) is 4. The normalized spacial score (nSPS) is 18.8. The zero-order valence-electron chi connectivity index (χ0n) is 17.6. The van der Waals surface area contributed by atoms with Crippen LogP contribution >= 0.6 is 0 Å². The van der Waals surface area contributed by atoms with E-state index in [0.717, 1.165) is 11.7 Å². The zero-order valence-corrected chi connectivity index (χ0v) is 17.6. The first kappa shape index (κ1) is 20.9. The van der Waals surface area contributed by atoms with Gasteiger partial charge in [-0.3, -0.25) is 9.79 Å². The molecule has 1 atom stereocenters. The molecule has 1 aromatic rings. The molecule has 1 fully saturated rings. The first-order valence-corrected chi connectivity index (χ1v) is 9.98. The summed E-state index contributed by atoms with van der Waals surface area (Å²) in [5.74, 6) is 1.26. The van der Waals surface area contributed by atoms with Crippen LogP contribution in [0, 0.1) is 6.92 Å². The minimum atomic E-state index is -0.498. The topological polar surface area (TPSA) is 99.2 Å². The van der Waals surface area contributed by atoms with Crippen LogP contribution in [-0.4, -0.2) is 77.1 Å². The highest BCUT2D eigenvalue weighted by Gasteiger charge is 2.36. The van der Waals surface area contributed by atoms with Crippen molar-refractivity contribution in [3.63, 3.8) is 0 Å². The van der Waals surface area contributed by atoms with Crippen molar-refractivity contribution in [3.05, 3.63) is 23.9 Å². The second-order valence-corrected chi connectivity index (χ2v) is 8.33. The molecule has 0 radical (unpaired) electrons. The number of aryl methyl sites for hydroxylation is 1. The number of guanidine groups is 1. The van der Waals surface area contributed by atoms with Crippen LogP contribution in [-0.2, 0) is 9.53 Å². The molecule has 2 N–H and O–H groups in total. The predicted molar refractivity (Wildman–Crippen MR) is 111 cm³/mol. The molecule has 1 aromatic heterocycles. The lowest BCUT2D eigenvalue weighted by Crippen LogP contribution is -2.57. The lowest BCUT2D eigenvalue weighted by atomic mass is 10.2. The number of carbonyl (C=O) groups excluding carboxylic acids is 2. The Morgan fingerprint density at radius 2 is 2.07 bits per heavy atom. The van der Waals surface area contributed by atoms with Crippen LogP contribution in [0.25, 0.3) is 0 Å². The first-order chi connectivity index (χ1) is 13.7. The van der Waals surface area contributed by atoms with Gasteiger partial charge in [0, 0.05) is 38.3 Å². The van der Waals surface area contributed by atoms with E-state index in [9.17, 15) is 9.59 Å². The fourth-order valence-electron chi connectivity index (χ4n) is 3.33. The number of fused-ring (bicyclic) bond motifs is 1. The zero-order chi connectivity index (χ0) is 21.0. The fraction of sp³-hybridized carbons (Fsp3) is 0.600. The van der Waals surface area contributed by atoms with Crippen LogP contribution in [0.2, 0.25) is 0 Å². The van der Waals surface area contributed by atoms with Crippen LogP contribution in [0.3, 0.4) is 0 Å². The average Bonchev–Trinajstić information content (AvgIpc) is 3.02. The maximum Gasteiger partial charge on any atom is 0.410 e. The quantitative estimate of drug-likeness (QED) is 0.794. The monoisotopic (exact) mass is 402 g/mol. The standard InChI is InChI=1S/C20H30N6O3/c1-14-6-5-7-16(23-14)24-17(27)8-9-21-18-22-12-15-13-25(10-11-26(15)18)19(28)29-20(2,3)4/h5-7,15H,8-13H2,1-4H3,(H,21,22)(H,23,24,27). The Morgan fingerprint density at radius 1 is 1.28 bits per heavy atom. The molecule has 2 aliphatic rings. The van der Waals surface area contributed by atoms with Gasteiger partial charge in [0.1, 0.15) is 11.4 Å². The van der Waals surface area contributed by atoms with E-state index in [4.69, 9.17) is 4.74 Å². The van der Waals surface area contributed by atoms with Gasteiger partial charge in [0.15, 0.2) is 5.96 Å². The van der Waals surface area contributed by atoms with Crippen molar-refractivity contribution in [1.82, 2.24) is 20.1 Å². The van der Waals surface area contributed by atoms with Gasteiger partial charge >= 0.3 is 6.09 Å². The van der Waals surface area contributed by atoms with Crippen LogP contribution in [0.1, 0.15) is 32.9 Å². The number of rotatable bonds is 4. The third-order valence-electron chi connectivity index (χ3n) is 4.65. The molecule has 0 bridgehead atoms. The summed E-state index contributed by atoms with van der Waals surface area (Å²) < 4.78 is 5.47. The number of amides is 2. The Balaban J connectivity index is 1.41. The SMILES string of the molecule is Cc1cccc(NC(=O)CCNC2=NCC3CN(C(=O)OC(C)(C)C)CCN23)n1. The molecule has 0 aliphatic carbocycles. The van der Waals surface area contributed by atoms with Gasteiger partial charge in [0.2, 0.25) is 5.91 Å². The summed E-state index contributed by atoms with van der Waals surface area (Å²) >= 11 is 0. The number of piperazine rings is 1. The third kappa shape index (κ3) is 5.82. The number of aliphatic imine (C=N–C) groups is 1. The van der Waals surface area contributed by atoms with Gasteiger partial charge in [-0.1, -0.05) is 6.07 Å². The Kier molecular flexibility index (Phi) is 6.24. The Morgan fingerprint density at radius 3 is 2.79 bits per heavy atom. The summed E-state index contributed by atoms with van der Waals surface area (Å²) in [6.45, 7) is 10.5. The number of anilines is 1. The van der Waals surface area contributed by atoms with Crippen LogP contribution in [0.15, 0.2) is 23.2 Å². The number of nitrogens with one attached hydrogen (secondary N) is 2. The van der Waals surface area contributed by atoms with E-state index in [-0.39, 0.29) is 18.0 Å². The maximum absolute atomic E-state index is 12.3. The van der Waals surface area contributed by atoms with Crippen molar-refractivity contribution in [2.45, 2.75) is 45.8 Å². The highest BCUT2D eigenvalue weighted by Crippen LogP contribution is 2.18. The molecule has 1 saturated heterocycles. The molecule has 29 heavy (non-hydrogen) atoms. The molecule has 158 valence electrons. The van der Waals surface area contributed by atoms with E-state index in [1.807, 2.05) is 39.8 Å². The number of ether oxygens (including phenoxy) is 1. The molecule has 0 aromatic carbocycles. The Labute approximate surface area is 171 Å². The van der Waals surface area contributed by atoms with Gasteiger partial charge < -0.3 is 25.2 Å². The molecule has 3 heterocycles. The molecular weight excluding hydrogens is 372 g/mol. The molecule has 1 unspecified atom stereocenters. The highest BCUT2D eigenvalue weighted by molar-refractivity contribution is 5.90.